The van der Waals surface area contributed by atoms with E-state index in [4.69, 9.17) is 0 Å². The van der Waals surface area contributed by atoms with Crippen LogP contribution in [0.5, 0.6) is 0 Å². The van der Waals surface area contributed by atoms with Crippen LogP contribution < -0.4 is 0 Å². The maximum absolute atomic E-state index is 11.8. The Bertz CT molecular complexity index is 758. The quantitative estimate of drug-likeness (QED) is 0.454. The van der Waals surface area contributed by atoms with Crippen LogP contribution >= 0.6 is 0 Å². The first-order valence-electron chi connectivity index (χ1n) is 14.1. The molecular formula is C30H52O2. The molecule has 2 nitrogen and oxygen atoms in total. The lowest BCUT2D eigenvalue weighted by Crippen LogP contribution is -2.69. The summed E-state index contributed by atoms with van der Waals surface area (Å²) in [6.45, 7) is 19.8. The number of hydrogen-bond acceptors (Lipinski definition) is 2. The Morgan fingerprint density at radius 3 is 2.09 bits per heavy atom. The molecule has 11 atom stereocenters. The molecule has 0 radical (unpaired) electrons. The van der Waals surface area contributed by atoms with Crippen molar-refractivity contribution in [3.63, 3.8) is 0 Å². The van der Waals surface area contributed by atoms with Gasteiger partial charge in [0.2, 0.25) is 0 Å². The summed E-state index contributed by atoms with van der Waals surface area (Å²) in [5.74, 6) is 4.22. The molecule has 5 rings (SSSR count). The maximum atomic E-state index is 11.8. The van der Waals surface area contributed by atoms with Gasteiger partial charge in [0.05, 0.1) is 12.2 Å². The summed E-state index contributed by atoms with van der Waals surface area (Å²) in [4.78, 5) is 0. The minimum atomic E-state index is -0.292. The normalized spacial score (nSPS) is 59.2. The third-order valence-corrected chi connectivity index (χ3v) is 13.6. The van der Waals surface area contributed by atoms with Crippen molar-refractivity contribution < 1.29 is 10.2 Å². The first-order chi connectivity index (χ1) is 14.7. The fraction of sp³-hybridized carbons (Fsp3) is 1.00. The molecular weight excluding hydrogens is 392 g/mol. The Morgan fingerprint density at radius 2 is 1.44 bits per heavy atom. The monoisotopic (exact) mass is 444 g/mol. The van der Waals surface area contributed by atoms with E-state index in [1.165, 1.54) is 38.5 Å². The molecule has 0 aromatic heterocycles. The van der Waals surface area contributed by atoms with Crippen LogP contribution in [0.1, 0.15) is 113 Å². The van der Waals surface area contributed by atoms with Crippen molar-refractivity contribution in [1.82, 2.24) is 0 Å². The second-order valence-electron chi connectivity index (χ2n) is 15.3. The molecule has 2 N–H and O–H groups in total. The van der Waals surface area contributed by atoms with Gasteiger partial charge < -0.3 is 10.2 Å². The number of rotatable bonds is 1. The van der Waals surface area contributed by atoms with Gasteiger partial charge >= 0.3 is 0 Å². The van der Waals surface area contributed by atoms with E-state index in [9.17, 15) is 10.2 Å². The molecule has 11 unspecified atom stereocenters. The van der Waals surface area contributed by atoms with Crippen LogP contribution in [0.15, 0.2) is 0 Å². The summed E-state index contributed by atoms with van der Waals surface area (Å²) in [5, 5.41) is 22.7. The van der Waals surface area contributed by atoms with Crippen molar-refractivity contribution in [3.8, 4) is 0 Å². The Balaban J connectivity index is 1.57. The van der Waals surface area contributed by atoms with Gasteiger partial charge in [-0.25, -0.2) is 0 Å². The minimum Gasteiger partial charge on any atom is -0.393 e. The number of hydrogen-bond donors (Lipinski definition) is 2. The van der Waals surface area contributed by atoms with Crippen LogP contribution in [0.25, 0.3) is 0 Å². The lowest BCUT2D eigenvalue weighted by molar-refractivity contribution is -0.275. The molecule has 2 heteroatoms. The van der Waals surface area contributed by atoms with E-state index in [0.29, 0.717) is 16.7 Å². The van der Waals surface area contributed by atoms with Crippen molar-refractivity contribution in [3.05, 3.63) is 0 Å². The van der Waals surface area contributed by atoms with Crippen LogP contribution in [0.4, 0.5) is 0 Å². The fourth-order valence-corrected chi connectivity index (χ4v) is 11.9. The summed E-state index contributed by atoms with van der Waals surface area (Å²) < 4.78 is 0. The van der Waals surface area contributed by atoms with Crippen molar-refractivity contribution in [2.45, 2.75) is 125 Å². The van der Waals surface area contributed by atoms with E-state index in [2.05, 4.69) is 55.4 Å². The predicted octanol–water partition coefficient (Wildman–Crippen LogP) is 7.08. The molecule has 0 amide bonds. The Hall–Kier alpha value is -0.0800. The molecule has 5 aliphatic carbocycles. The summed E-state index contributed by atoms with van der Waals surface area (Å²) in [6.07, 6.45) is 10.7. The molecule has 0 aromatic carbocycles. The topological polar surface area (TPSA) is 40.5 Å². The highest BCUT2D eigenvalue weighted by atomic mass is 16.3. The van der Waals surface area contributed by atoms with Crippen LogP contribution in [0.3, 0.4) is 0 Å². The van der Waals surface area contributed by atoms with Crippen LogP contribution in [0.2, 0.25) is 0 Å². The van der Waals surface area contributed by atoms with Gasteiger partial charge in [-0.2, -0.15) is 0 Å². The molecule has 5 fully saturated rings. The molecule has 0 bridgehead atoms. The first-order valence-corrected chi connectivity index (χ1v) is 14.1. The molecule has 0 saturated heterocycles. The third-order valence-electron chi connectivity index (χ3n) is 13.6. The van der Waals surface area contributed by atoms with E-state index >= 15 is 0 Å². The zero-order valence-corrected chi connectivity index (χ0v) is 22.4. The van der Waals surface area contributed by atoms with Crippen molar-refractivity contribution in [2.24, 2.45) is 62.6 Å². The highest BCUT2D eigenvalue weighted by Gasteiger charge is 2.71. The van der Waals surface area contributed by atoms with Gasteiger partial charge in [-0.05, 0) is 120 Å². The summed E-state index contributed by atoms with van der Waals surface area (Å²) in [5.41, 5.74) is 0.998. The van der Waals surface area contributed by atoms with E-state index in [1.807, 2.05) is 0 Å². The smallest absolute Gasteiger partial charge is 0.0595 e. The second kappa shape index (κ2) is 6.99. The van der Waals surface area contributed by atoms with E-state index in [-0.39, 0.29) is 34.4 Å². The summed E-state index contributed by atoms with van der Waals surface area (Å²) in [6, 6.07) is 0. The van der Waals surface area contributed by atoms with E-state index in [0.717, 1.165) is 42.9 Å². The standard InChI is InChI=1S/C30H52O2/c1-18(2)19-11-13-27(5)15-16-29(7)20(24(19)27)9-10-22-28(6)14-12-23(32)26(3,4)25(28)21(31)17-30(22,29)8/h18-25,31-32H,9-17H2,1-8H3. The summed E-state index contributed by atoms with van der Waals surface area (Å²) in [7, 11) is 0. The average Bonchev–Trinajstić information content (AvgIpc) is 3.03. The Kier molecular flexibility index (Phi) is 5.17. The molecule has 0 heterocycles. The van der Waals surface area contributed by atoms with E-state index in [1.54, 1.807) is 0 Å². The van der Waals surface area contributed by atoms with Gasteiger partial charge in [-0.3, -0.25) is 0 Å². The van der Waals surface area contributed by atoms with Gasteiger partial charge in [0, 0.05) is 0 Å². The molecule has 32 heavy (non-hydrogen) atoms. The zero-order chi connectivity index (χ0) is 23.5. The highest BCUT2D eigenvalue weighted by Crippen LogP contribution is 2.77. The molecule has 5 saturated carbocycles. The first kappa shape index (κ1) is 23.7. The molecule has 0 spiro atoms. The Morgan fingerprint density at radius 1 is 0.750 bits per heavy atom. The number of aliphatic hydroxyl groups is 2. The van der Waals surface area contributed by atoms with Gasteiger partial charge in [0.15, 0.2) is 0 Å². The number of aliphatic hydroxyl groups excluding tert-OH is 2. The van der Waals surface area contributed by atoms with Crippen LogP contribution in [-0.4, -0.2) is 22.4 Å². The van der Waals surface area contributed by atoms with Gasteiger partial charge in [-0.15, -0.1) is 0 Å². The molecule has 0 aromatic rings. The SMILES string of the molecule is CC(C)C1CCC2(C)CCC3(C)C(CCC4C5(C)CCC(O)C(C)(C)C5C(O)CC43C)C12. The maximum Gasteiger partial charge on any atom is 0.0595 e. The van der Waals surface area contributed by atoms with Crippen LogP contribution in [0, 0.1) is 62.6 Å². The van der Waals surface area contributed by atoms with Crippen LogP contribution in [-0.2, 0) is 0 Å². The van der Waals surface area contributed by atoms with Gasteiger partial charge in [0.1, 0.15) is 0 Å². The fourth-order valence-electron chi connectivity index (χ4n) is 11.9. The molecule has 0 aliphatic heterocycles. The summed E-state index contributed by atoms with van der Waals surface area (Å²) >= 11 is 0. The van der Waals surface area contributed by atoms with Crippen molar-refractivity contribution >= 4 is 0 Å². The molecule has 5 aliphatic rings. The molecule has 184 valence electrons. The minimum absolute atomic E-state index is 0.136. The van der Waals surface area contributed by atoms with Gasteiger partial charge in [-0.1, -0.05) is 55.4 Å². The predicted molar refractivity (Wildman–Crippen MR) is 132 cm³/mol. The van der Waals surface area contributed by atoms with Gasteiger partial charge in [0.25, 0.3) is 0 Å². The third kappa shape index (κ3) is 2.72. The highest BCUT2D eigenvalue weighted by molar-refractivity contribution is 5.20. The second-order valence-corrected chi connectivity index (χ2v) is 15.3. The average molecular weight is 445 g/mol. The lowest BCUT2D eigenvalue weighted by Gasteiger charge is -2.73. The zero-order valence-electron chi connectivity index (χ0n) is 22.4. The lowest BCUT2D eigenvalue weighted by atomic mass is 9.32. The van der Waals surface area contributed by atoms with Crippen molar-refractivity contribution in [1.29, 1.82) is 0 Å². The van der Waals surface area contributed by atoms with E-state index < -0.39 is 0 Å². The number of fused-ring (bicyclic) bond motifs is 7. The Labute approximate surface area is 198 Å². The van der Waals surface area contributed by atoms with Crippen molar-refractivity contribution in [2.75, 3.05) is 0 Å². The largest absolute Gasteiger partial charge is 0.393 e.